The topological polar surface area (TPSA) is 21.6 Å². The maximum atomic E-state index is 5.59. The largest absolute Gasteiger partial charge is 0.412 e. The number of aliphatic imine (C=N–C) groups is 1. The summed E-state index contributed by atoms with van der Waals surface area (Å²) in [6.07, 6.45) is 0. The molecule has 0 saturated carbocycles. The number of hydrogen-bond donors (Lipinski definition) is 0. The Balaban J connectivity index is 4.10. The maximum Gasteiger partial charge on any atom is 0.231 e. The first-order valence-corrected chi connectivity index (χ1v) is 6.53. The Morgan fingerprint density at radius 1 is 1.50 bits per heavy atom. The van der Waals surface area contributed by atoms with Crippen LogP contribution >= 0.6 is 0 Å². The third-order valence-electron chi connectivity index (χ3n) is 1.71. The van der Waals surface area contributed by atoms with Gasteiger partial charge in [0.2, 0.25) is 8.32 Å². The summed E-state index contributed by atoms with van der Waals surface area (Å²) in [5.74, 6) is 0. The first kappa shape index (κ1) is 9.85. The maximum absolute atomic E-state index is 5.59. The van der Waals surface area contributed by atoms with Gasteiger partial charge in [-0.2, -0.15) is 0 Å². The van der Waals surface area contributed by atoms with Crippen LogP contribution < -0.4 is 0 Å². The van der Waals surface area contributed by atoms with Crippen LogP contribution in [0.15, 0.2) is 4.99 Å². The third kappa shape index (κ3) is 2.62. The van der Waals surface area contributed by atoms with Gasteiger partial charge in [0.1, 0.15) is 0 Å². The highest BCUT2D eigenvalue weighted by molar-refractivity contribution is 7.00. The highest BCUT2D eigenvalue weighted by Crippen LogP contribution is 2.05. The van der Waals surface area contributed by atoms with E-state index in [0.29, 0.717) is 0 Å². The molecule has 0 aromatic heterocycles. The van der Waals surface area contributed by atoms with Crippen LogP contribution in [0, 0.1) is 0 Å². The van der Waals surface area contributed by atoms with Crippen LogP contribution in [0.4, 0.5) is 0 Å². The van der Waals surface area contributed by atoms with Crippen molar-refractivity contribution in [1.82, 2.24) is 0 Å². The quantitative estimate of drug-likeness (QED) is 0.455. The lowest BCUT2D eigenvalue weighted by molar-refractivity contribution is 0.341. The number of rotatable bonds is 3. The first-order chi connectivity index (χ1) is 4.54. The van der Waals surface area contributed by atoms with Gasteiger partial charge in [-0.05, 0) is 26.9 Å². The van der Waals surface area contributed by atoms with Gasteiger partial charge >= 0.3 is 0 Å². The normalized spacial score (nSPS) is 13.9. The molecule has 0 spiro atoms. The van der Waals surface area contributed by atoms with E-state index in [1.807, 2.05) is 20.9 Å². The van der Waals surface area contributed by atoms with Crippen LogP contribution in [-0.2, 0) is 4.43 Å². The molecular formula is C7H17NOSi. The second kappa shape index (κ2) is 3.88. The Morgan fingerprint density at radius 2 is 2.00 bits per heavy atom. The van der Waals surface area contributed by atoms with Crippen LogP contribution in [0.25, 0.3) is 0 Å². The van der Waals surface area contributed by atoms with Crippen molar-refractivity contribution in [2.75, 3.05) is 13.7 Å². The zero-order valence-corrected chi connectivity index (χ0v) is 8.56. The molecule has 0 rings (SSSR count). The molecule has 0 aromatic carbocycles. The molecule has 0 atom stereocenters. The summed E-state index contributed by atoms with van der Waals surface area (Å²) in [4.78, 5) is 4.13. The van der Waals surface area contributed by atoms with E-state index in [9.17, 15) is 0 Å². The average molecular weight is 159 g/mol. The van der Waals surface area contributed by atoms with E-state index in [0.717, 1.165) is 6.61 Å². The molecule has 0 heterocycles. The molecule has 0 bridgehead atoms. The molecule has 0 radical (unpaired) electrons. The minimum Gasteiger partial charge on any atom is -0.412 e. The molecule has 10 heavy (non-hydrogen) atoms. The third-order valence-corrected chi connectivity index (χ3v) is 4.69. The SMILES string of the molecule is CCO[Si](C)(C)C(C)=NC. The summed E-state index contributed by atoms with van der Waals surface area (Å²) in [7, 11) is 0.266. The zero-order valence-electron chi connectivity index (χ0n) is 7.56. The second-order valence-corrected chi connectivity index (χ2v) is 6.79. The Hall–Kier alpha value is -0.153. The van der Waals surface area contributed by atoms with Gasteiger partial charge in [0, 0.05) is 19.0 Å². The molecule has 0 saturated heterocycles. The monoisotopic (exact) mass is 159 g/mol. The molecule has 3 heteroatoms. The van der Waals surface area contributed by atoms with Gasteiger partial charge < -0.3 is 4.43 Å². The fourth-order valence-electron chi connectivity index (χ4n) is 0.735. The van der Waals surface area contributed by atoms with Gasteiger partial charge in [-0.3, -0.25) is 4.99 Å². The van der Waals surface area contributed by atoms with Crippen LogP contribution in [0.2, 0.25) is 13.1 Å². The molecule has 0 aliphatic carbocycles. The standard InChI is InChI=1S/C7H17NOSi/c1-6-9-10(4,5)7(2)8-3/h6H2,1-5H3. The Morgan fingerprint density at radius 3 is 2.30 bits per heavy atom. The zero-order chi connectivity index (χ0) is 8.20. The summed E-state index contributed by atoms with van der Waals surface area (Å²) in [5, 5.41) is 1.18. The van der Waals surface area contributed by atoms with Crippen molar-refractivity contribution in [3.05, 3.63) is 0 Å². The van der Waals surface area contributed by atoms with E-state index in [-0.39, 0.29) is 0 Å². The van der Waals surface area contributed by atoms with E-state index < -0.39 is 8.32 Å². The molecule has 0 unspecified atom stereocenters. The highest BCUT2D eigenvalue weighted by Gasteiger charge is 2.24. The smallest absolute Gasteiger partial charge is 0.231 e. The van der Waals surface area contributed by atoms with Crippen molar-refractivity contribution >= 4 is 13.7 Å². The first-order valence-electron chi connectivity index (χ1n) is 3.62. The van der Waals surface area contributed by atoms with Crippen molar-refractivity contribution in [2.45, 2.75) is 26.9 Å². The van der Waals surface area contributed by atoms with E-state index in [4.69, 9.17) is 4.43 Å². The van der Waals surface area contributed by atoms with Crippen molar-refractivity contribution in [3.8, 4) is 0 Å². The van der Waals surface area contributed by atoms with Crippen LogP contribution in [0.5, 0.6) is 0 Å². The van der Waals surface area contributed by atoms with E-state index in [1.165, 1.54) is 5.33 Å². The van der Waals surface area contributed by atoms with Gasteiger partial charge in [0.05, 0.1) is 0 Å². The van der Waals surface area contributed by atoms with Crippen LogP contribution in [-0.4, -0.2) is 27.3 Å². The summed E-state index contributed by atoms with van der Waals surface area (Å²) in [6.45, 7) is 9.20. The van der Waals surface area contributed by atoms with Crippen molar-refractivity contribution in [3.63, 3.8) is 0 Å². The molecule has 2 nitrogen and oxygen atoms in total. The Kier molecular flexibility index (Phi) is 3.82. The van der Waals surface area contributed by atoms with Crippen molar-refractivity contribution in [1.29, 1.82) is 0 Å². The van der Waals surface area contributed by atoms with Crippen molar-refractivity contribution in [2.24, 2.45) is 4.99 Å². The predicted molar refractivity (Wildman–Crippen MR) is 48.1 cm³/mol. The number of nitrogens with zero attached hydrogens (tertiary/aromatic N) is 1. The van der Waals surface area contributed by atoms with E-state index >= 15 is 0 Å². The summed E-state index contributed by atoms with van der Waals surface area (Å²) in [6, 6.07) is 0. The lowest BCUT2D eigenvalue weighted by atomic mass is 10.9. The van der Waals surface area contributed by atoms with Crippen LogP contribution in [0.1, 0.15) is 13.8 Å². The second-order valence-electron chi connectivity index (χ2n) is 2.75. The Bertz CT molecular complexity index is 132. The number of hydrogen-bond acceptors (Lipinski definition) is 2. The highest BCUT2D eigenvalue weighted by atomic mass is 28.4. The molecule has 0 fully saturated rings. The lowest BCUT2D eigenvalue weighted by Gasteiger charge is -2.20. The summed E-state index contributed by atoms with van der Waals surface area (Å²) < 4.78 is 5.59. The molecule has 60 valence electrons. The lowest BCUT2D eigenvalue weighted by Crippen LogP contribution is -2.39. The van der Waals surface area contributed by atoms with E-state index in [2.05, 4.69) is 18.1 Å². The molecule has 0 N–H and O–H groups in total. The molecular weight excluding hydrogens is 142 g/mol. The minimum absolute atomic E-state index is 0.798. The fraction of sp³-hybridized carbons (Fsp3) is 0.857. The predicted octanol–water partition coefficient (Wildman–Crippen LogP) is 1.86. The minimum atomic E-state index is -1.56. The molecule has 0 aromatic rings. The molecule has 0 aliphatic heterocycles. The van der Waals surface area contributed by atoms with Crippen LogP contribution in [0.3, 0.4) is 0 Å². The average Bonchev–Trinajstić information content (AvgIpc) is 1.86. The fourth-order valence-corrected chi connectivity index (χ4v) is 2.20. The van der Waals surface area contributed by atoms with Gasteiger partial charge in [0.15, 0.2) is 0 Å². The molecule has 0 aliphatic rings. The summed E-state index contributed by atoms with van der Waals surface area (Å²) >= 11 is 0. The molecule has 0 amide bonds. The van der Waals surface area contributed by atoms with Crippen molar-refractivity contribution < 1.29 is 4.43 Å². The van der Waals surface area contributed by atoms with Gasteiger partial charge in [-0.15, -0.1) is 0 Å². The van der Waals surface area contributed by atoms with Gasteiger partial charge in [0.25, 0.3) is 0 Å². The summed E-state index contributed by atoms with van der Waals surface area (Å²) in [5.41, 5.74) is 0. The van der Waals surface area contributed by atoms with Gasteiger partial charge in [-0.1, -0.05) is 0 Å². The van der Waals surface area contributed by atoms with E-state index in [1.54, 1.807) is 0 Å². The van der Waals surface area contributed by atoms with Gasteiger partial charge in [-0.25, -0.2) is 0 Å². The Labute approximate surface area is 64.4 Å².